The lowest BCUT2D eigenvalue weighted by atomic mass is 10.2. The van der Waals surface area contributed by atoms with Gasteiger partial charge < -0.3 is 9.84 Å². The molecule has 88 valence electrons. The Bertz CT molecular complexity index is 340. The highest BCUT2D eigenvalue weighted by molar-refractivity contribution is 5.33. The van der Waals surface area contributed by atoms with Gasteiger partial charge in [0.2, 0.25) is 0 Å². The maximum Gasteiger partial charge on any atom is 0.123 e. The van der Waals surface area contributed by atoms with Crippen molar-refractivity contribution in [2.75, 3.05) is 19.7 Å². The van der Waals surface area contributed by atoms with E-state index >= 15 is 0 Å². The van der Waals surface area contributed by atoms with Gasteiger partial charge in [-0.3, -0.25) is 4.90 Å². The van der Waals surface area contributed by atoms with E-state index in [0.29, 0.717) is 6.61 Å². The van der Waals surface area contributed by atoms with Crippen molar-refractivity contribution in [1.29, 1.82) is 0 Å². The number of β-amino-alcohol motifs (C(OH)–C–C–N with tert-alkyl or cyclic N) is 1. The van der Waals surface area contributed by atoms with E-state index < -0.39 is 0 Å². The molecule has 0 radical (unpaired) electrons. The summed E-state index contributed by atoms with van der Waals surface area (Å²) in [6.07, 6.45) is 0.732. The first kappa shape index (κ1) is 11.4. The van der Waals surface area contributed by atoms with E-state index in [9.17, 15) is 5.11 Å². The van der Waals surface area contributed by atoms with Gasteiger partial charge in [0.05, 0.1) is 12.7 Å². The molecule has 2 rings (SSSR count). The number of rotatable bonds is 4. The lowest BCUT2D eigenvalue weighted by Gasteiger charge is -2.17. The first-order valence-electron chi connectivity index (χ1n) is 5.90. The topological polar surface area (TPSA) is 32.7 Å². The van der Waals surface area contributed by atoms with Crippen LogP contribution in [-0.2, 0) is 6.54 Å². The van der Waals surface area contributed by atoms with E-state index in [2.05, 4.69) is 11.0 Å². The van der Waals surface area contributed by atoms with Crippen molar-refractivity contribution in [1.82, 2.24) is 4.90 Å². The maximum absolute atomic E-state index is 9.48. The van der Waals surface area contributed by atoms with Crippen molar-refractivity contribution in [2.24, 2.45) is 0 Å². The molecule has 1 aromatic rings. The van der Waals surface area contributed by atoms with Crippen LogP contribution in [0.1, 0.15) is 18.9 Å². The third kappa shape index (κ3) is 2.74. The molecule has 0 aromatic heterocycles. The SMILES string of the molecule is CCOc1ccccc1CN1CC[C@@H](O)C1. The highest BCUT2D eigenvalue weighted by atomic mass is 16.5. The summed E-state index contributed by atoms with van der Waals surface area (Å²) < 4.78 is 5.58. The van der Waals surface area contributed by atoms with Gasteiger partial charge in [-0.25, -0.2) is 0 Å². The number of hydrogen-bond donors (Lipinski definition) is 1. The van der Waals surface area contributed by atoms with E-state index in [-0.39, 0.29) is 6.10 Å². The molecule has 0 aliphatic carbocycles. The Hall–Kier alpha value is -1.06. The summed E-state index contributed by atoms with van der Waals surface area (Å²) in [5, 5.41) is 9.48. The smallest absolute Gasteiger partial charge is 0.123 e. The average Bonchev–Trinajstić information content (AvgIpc) is 2.67. The monoisotopic (exact) mass is 221 g/mol. The van der Waals surface area contributed by atoms with Crippen LogP contribution in [0.2, 0.25) is 0 Å². The summed E-state index contributed by atoms with van der Waals surface area (Å²) in [4.78, 5) is 2.27. The largest absolute Gasteiger partial charge is 0.494 e. The molecular weight excluding hydrogens is 202 g/mol. The van der Waals surface area contributed by atoms with Crippen LogP contribution in [-0.4, -0.2) is 35.8 Å². The Morgan fingerprint density at radius 1 is 1.44 bits per heavy atom. The Morgan fingerprint density at radius 2 is 2.25 bits per heavy atom. The van der Waals surface area contributed by atoms with Crippen molar-refractivity contribution in [3.8, 4) is 5.75 Å². The van der Waals surface area contributed by atoms with Gasteiger partial charge in [-0.2, -0.15) is 0 Å². The van der Waals surface area contributed by atoms with Crippen LogP contribution in [0.15, 0.2) is 24.3 Å². The molecule has 0 unspecified atom stereocenters. The van der Waals surface area contributed by atoms with Crippen molar-refractivity contribution >= 4 is 0 Å². The Morgan fingerprint density at radius 3 is 2.94 bits per heavy atom. The van der Waals surface area contributed by atoms with E-state index in [1.54, 1.807) is 0 Å². The van der Waals surface area contributed by atoms with E-state index in [0.717, 1.165) is 31.8 Å². The highest BCUT2D eigenvalue weighted by Crippen LogP contribution is 2.21. The van der Waals surface area contributed by atoms with Gasteiger partial charge in [0, 0.05) is 25.2 Å². The first-order valence-corrected chi connectivity index (χ1v) is 5.90. The second-order valence-corrected chi connectivity index (χ2v) is 4.22. The molecule has 0 spiro atoms. The molecule has 1 N–H and O–H groups in total. The summed E-state index contributed by atoms with van der Waals surface area (Å²) in [6, 6.07) is 8.12. The molecule has 1 fully saturated rings. The molecular formula is C13H19NO2. The highest BCUT2D eigenvalue weighted by Gasteiger charge is 2.20. The number of aliphatic hydroxyl groups excluding tert-OH is 1. The fourth-order valence-corrected chi connectivity index (χ4v) is 2.13. The first-order chi connectivity index (χ1) is 7.79. The maximum atomic E-state index is 9.48. The lowest BCUT2D eigenvalue weighted by Crippen LogP contribution is -2.21. The number of aliphatic hydroxyl groups is 1. The number of nitrogens with zero attached hydrogens (tertiary/aromatic N) is 1. The van der Waals surface area contributed by atoms with Crippen LogP contribution in [0.25, 0.3) is 0 Å². The second kappa shape index (κ2) is 5.32. The number of benzene rings is 1. The zero-order chi connectivity index (χ0) is 11.4. The molecule has 0 bridgehead atoms. The summed E-state index contributed by atoms with van der Waals surface area (Å²) in [7, 11) is 0. The van der Waals surface area contributed by atoms with Gasteiger partial charge in [0.15, 0.2) is 0 Å². The quantitative estimate of drug-likeness (QED) is 0.839. The van der Waals surface area contributed by atoms with Crippen LogP contribution in [0.5, 0.6) is 5.75 Å². The Kier molecular flexibility index (Phi) is 3.80. The zero-order valence-corrected chi connectivity index (χ0v) is 9.72. The minimum Gasteiger partial charge on any atom is -0.494 e. The van der Waals surface area contributed by atoms with Crippen molar-refractivity contribution in [3.63, 3.8) is 0 Å². The Balaban J connectivity index is 2.02. The van der Waals surface area contributed by atoms with E-state index in [1.807, 2.05) is 25.1 Å². The number of ether oxygens (including phenoxy) is 1. The van der Waals surface area contributed by atoms with Crippen molar-refractivity contribution < 1.29 is 9.84 Å². The molecule has 3 heteroatoms. The van der Waals surface area contributed by atoms with E-state index in [1.165, 1.54) is 5.56 Å². The van der Waals surface area contributed by atoms with Crippen LogP contribution in [0, 0.1) is 0 Å². The third-order valence-corrected chi connectivity index (χ3v) is 2.91. The molecule has 0 saturated carbocycles. The van der Waals surface area contributed by atoms with Gasteiger partial charge in [-0.1, -0.05) is 18.2 Å². The van der Waals surface area contributed by atoms with Gasteiger partial charge in [0.1, 0.15) is 5.75 Å². The van der Waals surface area contributed by atoms with Crippen LogP contribution in [0.3, 0.4) is 0 Å². The Labute approximate surface area is 96.6 Å². The second-order valence-electron chi connectivity index (χ2n) is 4.22. The van der Waals surface area contributed by atoms with Crippen molar-refractivity contribution in [2.45, 2.75) is 26.0 Å². The molecule has 1 aliphatic rings. The predicted octanol–water partition coefficient (Wildman–Crippen LogP) is 1.65. The standard InChI is InChI=1S/C13H19NO2/c1-2-16-13-6-4-3-5-11(13)9-14-8-7-12(15)10-14/h3-6,12,15H,2,7-10H2,1H3/t12-/m1/s1. The average molecular weight is 221 g/mol. The summed E-state index contributed by atoms with van der Waals surface area (Å²) in [5.41, 5.74) is 1.21. The van der Waals surface area contributed by atoms with Gasteiger partial charge in [0.25, 0.3) is 0 Å². The van der Waals surface area contributed by atoms with Crippen molar-refractivity contribution in [3.05, 3.63) is 29.8 Å². The molecule has 16 heavy (non-hydrogen) atoms. The summed E-state index contributed by atoms with van der Waals surface area (Å²) >= 11 is 0. The fraction of sp³-hybridized carbons (Fsp3) is 0.538. The minimum atomic E-state index is -0.153. The number of para-hydroxylation sites is 1. The molecule has 3 nitrogen and oxygen atoms in total. The lowest BCUT2D eigenvalue weighted by molar-refractivity contribution is 0.174. The third-order valence-electron chi connectivity index (χ3n) is 2.91. The van der Waals surface area contributed by atoms with Crippen LogP contribution in [0.4, 0.5) is 0 Å². The van der Waals surface area contributed by atoms with Gasteiger partial charge in [-0.05, 0) is 19.4 Å². The summed E-state index contributed by atoms with van der Waals surface area (Å²) in [5.74, 6) is 0.964. The van der Waals surface area contributed by atoms with Crippen LogP contribution >= 0.6 is 0 Å². The molecule has 1 atom stereocenters. The molecule has 1 aliphatic heterocycles. The number of likely N-dealkylation sites (tertiary alicyclic amines) is 1. The normalized spacial score (nSPS) is 21.2. The van der Waals surface area contributed by atoms with Gasteiger partial charge in [-0.15, -0.1) is 0 Å². The molecule has 0 amide bonds. The predicted molar refractivity (Wildman–Crippen MR) is 63.5 cm³/mol. The van der Waals surface area contributed by atoms with E-state index in [4.69, 9.17) is 4.74 Å². The zero-order valence-electron chi connectivity index (χ0n) is 9.72. The van der Waals surface area contributed by atoms with Crippen LogP contribution < -0.4 is 4.74 Å². The fourth-order valence-electron chi connectivity index (χ4n) is 2.13. The number of hydrogen-bond acceptors (Lipinski definition) is 3. The summed E-state index contributed by atoms with van der Waals surface area (Å²) in [6.45, 7) is 5.31. The molecule has 1 saturated heterocycles. The molecule has 1 aromatic carbocycles. The van der Waals surface area contributed by atoms with Gasteiger partial charge >= 0.3 is 0 Å². The molecule has 1 heterocycles. The minimum absolute atomic E-state index is 0.153.